The molecule has 0 spiro atoms. The van der Waals surface area contributed by atoms with Crippen molar-refractivity contribution >= 4 is 0 Å². The van der Waals surface area contributed by atoms with E-state index in [4.69, 9.17) is 5.73 Å². The molecule has 0 saturated heterocycles. The summed E-state index contributed by atoms with van der Waals surface area (Å²) in [6.45, 7) is 2.09. The summed E-state index contributed by atoms with van der Waals surface area (Å²) in [7, 11) is 0. The van der Waals surface area contributed by atoms with E-state index in [0.717, 1.165) is 18.4 Å². The fourth-order valence-electron chi connectivity index (χ4n) is 0.991. The lowest BCUT2D eigenvalue weighted by Crippen LogP contribution is -2.19. The van der Waals surface area contributed by atoms with E-state index in [0.29, 0.717) is 0 Å². The Bertz CT molecular complexity index is 278. The molecule has 1 unspecified atom stereocenters. The fraction of sp³-hybridized carbons (Fsp3) is 0.400. The van der Waals surface area contributed by atoms with Gasteiger partial charge in [-0.1, -0.05) is 25.2 Å². The number of rotatable bonds is 2. The van der Waals surface area contributed by atoms with Crippen LogP contribution >= 0.6 is 0 Å². The van der Waals surface area contributed by atoms with Crippen LogP contribution in [-0.4, -0.2) is 11.1 Å². The van der Waals surface area contributed by atoms with Crippen molar-refractivity contribution in [2.24, 2.45) is 5.73 Å². The molecule has 12 heavy (non-hydrogen) atoms. The molecule has 0 aromatic heterocycles. The van der Waals surface area contributed by atoms with Gasteiger partial charge in [-0.05, 0) is 18.6 Å². The van der Waals surface area contributed by atoms with Gasteiger partial charge in [0.1, 0.15) is 11.8 Å². The summed E-state index contributed by atoms with van der Waals surface area (Å²) in [5, 5.41) is 9.23. The largest absolute Gasteiger partial charge is 0.510 e. The van der Waals surface area contributed by atoms with Gasteiger partial charge in [-0.3, -0.25) is 0 Å². The van der Waals surface area contributed by atoms with Crippen molar-refractivity contribution in [3.05, 3.63) is 23.5 Å². The van der Waals surface area contributed by atoms with Gasteiger partial charge in [0.25, 0.3) is 0 Å². The number of aliphatic hydroxyl groups excluding tert-OH is 1. The Kier molecular flexibility index (Phi) is 2.95. The van der Waals surface area contributed by atoms with Crippen LogP contribution in [0.5, 0.6) is 0 Å². The highest BCUT2D eigenvalue weighted by Crippen LogP contribution is 2.08. The van der Waals surface area contributed by atoms with E-state index in [1.54, 1.807) is 6.08 Å². The van der Waals surface area contributed by atoms with Crippen molar-refractivity contribution in [3.8, 4) is 11.8 Å². The maximum absolute atomic E-state index is 9.23. The molecule has 2 nitrogen and oxygen atoms in total. The topological polar surface area (TPSA) is 46.2 Å². The molecule has 0 bridgehead atoms. The van der Waals surface area contributed by atoms with Gasteiger partial charge in [0.2, 0.25) is 0 Å². The number of nitrogens with two attached hydrogens (primary N) is 1. The van der Waals surface area contributed by atoms with Gasteiger partial charge in [-0.2, -0.15) is 0 Å². The zero-order valence-electron chi connectivity index (χ0n) is 7.17. The molecule has 0 heterocycles. The summed E-state index contributed by atoms with van der Waals surface area (Å²) >= 11 is 0. The second kappa shape index (κ2) is 3.99. The molecule has 1 aliphatic carbocycles. The van der Waals surface area contributed by atoms with Crippen LogP contribution in [0.25, 0.3) is 0 Å². The quantitative estimate of drug-likeness (QED) is 0.606. The SMILES string of the molecule is CCCC1=CC=C(O)C(N)C#C1. The average Bonchev–Trinajstić information content (AvgIpc) is 2.20. The standard InChI is InChI=1S/C10H13NO/c1-2-3-8-4-6-9(11)10(12)7-5-8/h5,7,9,12H,2-3,11H2,1H3. The van der Waals surface area contributed by atoms with E-state index < -0.39 is 6.04 Å². The molecule has 0 amide bonds. The summed E-state index contributed by atoms with van der Waals surface area (Å²) in [4.78, 5) is 0. The zero-order chi connectivity index (χ0) is 8.97. The van der Waals surface area contributed by atoms with Crippen molar-refractivity contribution in [2.45, 2.75) is 25.8 Å². The Hall–Kier alpha value is -1.20. The predicted molar refractivity (Wildman–Crippen MR) is 49.5 cm³/mol. The zero-order valence-corrected chi connectivity index (χ0v) is 7.17. The van der Waals surface area contributed by atoms with Crippen molar-refractivity contribution in [2.75, 3.05) is 0 Å². The van der Waals surface area contributed by atoms with Crippen LogP contribution in [-0.2, 0) is 0 Å². The fourth-order valence-corrected chi connectivity index (χ4v) is 0.991. The van der Waals surface area contributed by atoms with Gasteiger partial charge in [0.05, 0.1) is 0 Å². The Labute approximate surface area is 72.8 Å². The summed E-state index contributed by atoms with van der Waals surface area (Å²) < 4.78 is 0. The predicted octanol–water partition coefficient (Wildman–Crippen LogP) is 1.50. The first-order valence-electron chi connectivity index (χ1n) is 4.11. The van der Waals surface area contributed by atoms with Crippen molar-refractivity contribution in [3.63, 3.8) is 0 Å². The third-order valence-electron chi connectivity index (χ3n) is 1.68. The number of allylic oxidation sites excluding steroid dienone is 3. The van der Waals surface area contributed by atoms with Crippen LogP contribution in [0.15, 0.2) is 23.5 Å². The Morgan fingerprint density at radius 2 is 2.33 bits per heavy atom. The van der Waals surface area contributed by atoms with Gasteiger partial charge in [-0.25, -0.2) is 0 Å². The second-order valence-electron chi connectivity index (χ2n) is 2.78. The molecule has 1 atom stereocenters. The molecule has 2 heteroatoms. The Balaban J connectivity index is 2.79. The smallest absolute Gasteiger partial charge is 0.125 e. The highest BCUT2D eigenvalue weighted by atomic mass is 16.3. The van der Waals surface area contributed by atoms with Gasteiger partial charge < -0.3 is 10.8 Å². The molecule has 3 N–H and O–H groups in total. The number of hydrogen-bond donors (Lipinski definition) is 2. The molecule has 1 rings (SSSR count). The van der Waals surface area contributed by atoms with Crippen LogP contribution in [0.3, 0.4) is 0 Å². The molecule has 0 aliphatic heterocycles. The first-order chi connectivity index (χ1) is 5.74. The van der Waals surface area contributed by atoms with E-state index in [9.17, 15) is 5.11 Å². The first-order valence-corrected chi connectivity index (χ1v) is 4.11. The van der Waals surface area contributed by atoms with Crippen LogP contribution in [0, 0.1) is 11.8 Å². The number of hydrogen-bond acceptors (Lipinski definition) is 2. The highest BCUT2D eigenvalue weighted by Gasteiger charge is 2.04. The highest BCUT2D eigenvalue weighted by molar-refractivity contribution is 5.39. The normalized spacial score (nSPS) is 21.7. The third-order valence-corrected chi connectivity index (χ3v) is 1.68. The molecular formula is C10H13NO. The lowest BCUT2D eigenvalue weighted by Gasteiger charge is -1.98. The van der Waals surface area contributed by atoms with Gasteiger partial charge >= 0.3 is 0 Å². The van der Waals surface area contributed by atoms with E-state index in [2.05, 4.69) is 18.8 Å². The van der Waals surface area contributed by atoms with Gasteiger partial charge in [-0.15, -0.1) is 0 Å². The summed E-state index contributed by atoms with van der Waals surface area (Å²) in [6.07, 6.45) is 5.45. The molecular weight excluding hydrogens is 150 g/mol. The monoisotopic (exact) mass is 163 g/mol. The molecule has 0 aromatic carbocycles. The molecule has 0 saturated carbocycles. The van der Waals surface area contributed by atoms with Crippen LogP contribution < -0.4 is 5.73 Å². The van der Waals surface area contributed by atoms with Crippen molar-refractivity contribution < 1.29 is 5.11 Å². The lowest BCUT2D eigenvalue weighted by molar-refractivity contribution is 0.387. The molecule has 0 aromatic rings. The first kappa shape index (κ1) is 8.89. The Morgan fingerprint density at radius 3 is 3.00 bits per heavy atom. The molecule has 0 radical (unpaired) electrons. The van der Waals surface area contributed by atoms with E-state index >= 15 is 0 Å². The number of aliphatic hydroxyl groups is 1. The summed E-state index contributed by atoms with van der Waals surface area (Å²) in [5.41, 5.74) is 6.55. The Morgan fingerprint density at radius 1 is 1.58 bits per heavy atom. The minimum Gasteiger partial charge on any atom is -0.510 e. The van der Waals surface area contributed by atoms with Gasteiger partial charge in [0.15, 0.2) is 0 Å². The van der Waals surface area contributed by atoms with Crippen LogP contribution in [0.1, 0.15) is 19.8 Å². The molecule has 0 fully saturated rings. The van der Waals surface area contributed by atoms with E-state index in [1.807, 2.05) is 6.08 Å². The molecule has 1 aliphatic rings. The lowest BCUT2D eigenvalue weighted by atomic mass is 10.1. The second-order valence-corrected chi connectivity index (χ2v) is 2.78. The van der Waals surface area contributed by atoms with Gasteiger partial charge in [0, 0.05) is 5.57 Å². The van der Waals surface area contributed by atoms with Crippen molar-refractivity contribution in [1.82, 2.24) is 0 Å². The summed E-state index contributed by atoms with van der Waals surface area (Å²) in [6, 6.07) is -0.518. The third kappa shape index (κ3) is 2.14. The van der Waals surface area contributed by atoms with Crippen LogP contribution in [0.2, 0.25) is 0 Å². The maximum atomic E-state index is 9.23. The van der Waals surface area contributed by atoms with E-state index in [1.165, 1.54) is 0 Å². The van der Waals surface area contributed by atoms with E-state index in [-0.39, 0.29) is 5.76 Å². The summed E-state index contributed by atoms with van der Waals surface area (Å²) in [5.74, 6) is 5.85. The van der Waals surface area contributed by atoms with Crippen LogP contribution in [0.4, 0.5) is 0 Å². The minimum absolute atomic E-state index is 0.147. The maximum Gasteiger partial charge on any atom is 0.125 e. The molecule has 64 valence electrons. The van der Waals surface area contributed by atoms with Crippen molar-refractivity contribution in [1.29, 1.82) is 0 Å². The minimum atomic E-state index is -0.518. The average molecular weight is 163 g/mol.